The molecule has 0 aromatic carbocycles. The first-order valence-electron chi connectivity index (χ1n) is 4.06. The third kappa shape index (κ3) is 0.964. The largest absolute Gasteiger partial charge is 0.465 e. The first-order chi connectivity index (χ1) is 5.70. The van der Waals surface area contributed by atoms with Gasteiger partial charge in [-0.25, -0.2) is 9.18 Å². The lowest BCUT2D eigenvalue weighted by Crippen LogP contribution is -2.54. The van der Waals surface area contributed by atoms with Crippen molar-refractivity contribution >= 4 is 6.09 Å². The third-order valence-electron chi connectivity index (χ3n) is 2.62. The van der Waals surface area contributed by atoms with Gasteiger partial charge < -0.3 is 10.4 Å². The highest BCUT2D eigenvalue weighted by Gasteiger charge is 2.46. The minimum atomic E-state index is -0.994. The van der Waals surface area contributed by atoms with E-state index in [0.717, 1.165) is 0 Å². The van der Waals surface area contributed by atoms with E-state index in [2.05, 4.69) is 5.32 Å². The molecular weight excluding hydrogens is 163 g/mol. The smallest absolute Gasteiger partial charge is 0.407 e. The van der Waals surface area contributed by atoms with E-state index in [1.165, 1.54) is 4.90 Å². The SMILES string of the molecule is O=C(O)N1[C@H]2CNC[C@@H]1[C@H](F)C2. The molecule has 2 aliphatic heterocycles. The Morgan fingerprint density at radius 2 is 2.33 bits per heavy atom. The van der Waals surface area contributed by atoms with Crippen molar-refractivity contribution in [2.75, 3.05) is 13.1 Å². The fourth-order valence-electron chi connectivity index (χ4n) is 2.08. The topological polar surface area (TPSA) is 52.6 Å². The van der Waals surface area contributed by atoms with E-state index in [-0.39, 0.29) is 6.04 Å². The summed E-state index contributed by atoms with van der Waals surface area (Å²) in [4.78, 5) is 11.9. The highest BCUT2D eigenvalue weighted by molar-refractivity contribution is 5.67. The van der Waals surface area contributed by atoms with E-state index in [1.54, 1.807) is 0 Å². The summed E-state index contributed by atoms with van der Waals surface area (Å²) >= 11 is 0. The van der Waals surface area contributed by atoms with Crippen LogP contribution >= 0.6 is 0 Å². The molecule has 2 fully saturated rings. The minimum absolute atomic E-state index is 0.156. The maximum atomic E-state index is 13.1. The van der Waals surface area contributed by atoms with E-state index in [1.807, 2.05) is 0 Å². The van der Waals surface area contributed by atoms with Gasteiger partial charge in [-0.3, -0.25) is 4.90 Å². The molecule has 0 aromatic heterocycles. The number of hydrogen-bond donors (Lipinski definition) is 2. The standard InChI is InChI=1S/C7H11FN2O2/c8-5-1-4-2-9-3-6(5)10(4)7(11)12/h4-6,9H,1-3H2,(H,11,12)/t4-,5-,6-/m1/s1. The van der Waals surface area contributed by atoms with Crippen molar-refractivity contribution in [3.05, 3.63) is 0 Å². The van der Waals surface area contributed by atoms with Gasteiger partial charge in [0.1, 0.15) is 6.17 Å². The van der Waals surface area contributed by atoms with Crippen LogP contribution < -0.4 is 5.32 Å². The molecule has 2 N–H and O–H groups in total. The predicted molar refractivity (Wildman–Crippen MR) is 39.8 cm³/mol. The van der Waals surface area contributed by atoms with Gasteiger partial charge in [0, 0.05) is 19.5 Å². The first kappa shape index (κ1) is 7.79. The Labute approximate surface area is 69.3 Å². The van der Waals surface area contributed by atoms with Crippen molar-refractivity contribution in [2.45, 2.75) is 24.7 Å². The summed E-state index contributed by atoms with van der Waals surface area (Å²) in [5, 5.41) is 11.8. The number of nitrogens with one attached hydrogen (secondary N) is 1. The number of rotatable bonds is 0. The highest BCUT2D eigenvalue weighted by Crippen LogP contribution is 2.29. The zero-order valence-corrected chi connectivity index (χ0v) is 6.53. The summed E-state index contributed by atoms with van der Waals surface area (Å²) in [5.41, 5.74) is 0. The van der Waals surface area contributed by atoms with Crippen molar-refractivity contribution in [3.8, 4) is 0 Å². The van der Waals surface area contributed by atoms with Crippen LogP contribution in [0.1, 0.15) is 6.42 Å². The van der Waals surface area contributed by atoms with Crippen LogP contribution in [0.4, 0.5) is 9.18 Å². The molecule has 0 spiro atoms. The van der Waals surface area contributed by atoms with Crippen LogP contribution in [0.3, 0.4) is 0 Å². The molecule has 2 aliphatic rings. The van der Waals surface area contributed by atoms with Gasteiger partial charge in [0.2, 0.25) is 0 Å². The lowest BCUT2D eigenvalue weighted by molar-refractivity contribution is 0.0992. The second-order valence-electron chi connectivity index (χ2n) is 3.32. The van der Waals surface area contributed by atoms with E-state index in [4.69, 9.17) is 5.11 Å². The highest BCUT2D eigenvalue weighted by atomic mass is 19.1. The van der Waals surface area contributed by atoms with Gasteiger partial charge in [0.25, 0.3) is 0 Å². The van der Waals surface area contributed by atoms with Gasteiger partial charge in [0.15, 0.2) is 0 Å². The summed E-state index contributed by atoms with van der Waals surface area (Å²) < 4.78 is 13.1. The van der Waals surface area contributed by atoms with Crippen molar-refractivity contribution in [1.29, 1.82) is 0 Å². The number of hydrogen-bond acceptors (Lipinski definition) is 2. The molecule has 1 amide bonds. The van der Waals surface area contributed by atoms with Crippen LogP contribution in [-0.2, 0) is 0 Å². The molecule has 0 saturated carbocycles. The fraction of sp³-hybridized carbons (Fsp3) is 0.857. The number of piperazine rings is 1. The quantitative estimate of drug-likeness (QED) is 0.545. The Balaban J connectivity index is 2.19. The van der Waals surface area contributed by atoms with E-state index < -0.39 is 18.3 Å². The van der Waals surface area contributed by atoms with Gasteiger partial charge in [-0.05, 0) is 0 Å². The number of fused-ring (bicyclic) bond motifs is 2. The molecule has 4 nitrogen and oxygen atoms in total. The van der Waals surface area contributed by atoms with Crippen LogP contribution in [0.25, 0.3) is 0 Å². The van der Waals surface area contributed by atoms with E-state index in [0.29, 0.717) is 19.5 Å². The molecule has 0 radical (unpaired) electrons. The van der Waals surface area contributed by atoms with Gasteiger partial charge >= 0.3 is 6.09 Å². The van der Waals surface area contributed by atoms with E-state index >= 15 is 0 Å². The predicted octanol–water partition coefficient (Wildman–Crippen LogP) is 0.0486. The lowest BCUT2D eigenvalue weighted by Gasteiger charge is -2.32. The maximum absolute atomic E-state index is 13.1. The van der Waals surface area contributed by atoms with Crippen molar-refractivity contribution in [2.24, 2.45) is 0 Å². The Morgan fingerprint density at radius 3 is 2.83 bits per heavy atom. The molecule has 5 heteroatoms. The number of carbonyl (C=O) groups is 1. The Hall–Kier alpha value is -0.840. The molecule has 0 aliphatic carbocycles. The average molecular weight is 174 g/mol. The first-order valence-corrected chi connectivity index (χ1v) is 4.06. The Kier molecular flexibility index (Phi) is 1.68. The lowest BCUT2D eigenvalue weighted by atomic mass is 10.2. The Morgan fingerprint density at radius 1 is 1.58 bits per heavy atom. The minimum Gasteiger partial charge on any atom is -0.465 e. The van der Waals surface area contributed by atoms with Crippen LogP contribution in [0, 0.1) is 0 Å². The monoisotopic (exact) mass is 174 g/mol. The maximum Gasteiger partial charge on any atom is 0.407 e. The number of carboxylic acid groups (broad SMARTS) is 1. The number of halogens is 1. The summed E-state index contributed by atoms with van der Waals surface area (Å²) in [6, 6.07) is -0.613. The van der Waals surface area contributed by atoms with E-state index in [9.17, 15) is 9.18 Å². The van der Waals surface area contributed by atoms with Crippen LogP contribution in [-0.4, -0.2) is 47.4 Å². The second-order valence-corrected chi connectivity index (χ2v) is 3.32. The molecule has 2 heterocycles. The fourth-order valence-corrected chi connectivity index (χ4v) is 2.08. The number of nitrogens with zero attached hydrogens (tertiary/aromatic N) is 1. The van der Waals surface area contributed by atoms with Crippen molar-refractivity contribution in [3.63, 3.8) is 0 Å². The zero-order valence-electron chi connectivity index (χ0n) is 6.53. The van der Waals surface area contributed by atoms with Crippen LogP contribution in [0.15, 0.2) is 0 Å². The zero-order chi connectivity index (χ0) is 8.72. The van der Waals surface area contributed by atoms with Gasteiger partial charge in [-0.1, -0.05) is 0 Å². The number of alkyl halides is 1. The summed E-state index contributed by atoms with van der Waals surface area (Å²) in [6.07, 6.45) is -1.63. The molecule has 68 valence electrons. The van der Waals surface area contributed by atoms with Gasteiger partial charge in [-0.15, -0.1) is 0 Å². The van der Waals surface area contributed by atoms with Crippen LogP contribution in [0.2, 0.25) is 0 Å². The summed E-state index contributed by atoms with van der Waals surface area (Å²) in [5.74, 6) is 0. The molecule has 2 rings (SSSR count). The van der Waals surface area contributed by atoms with Gasteiger partial charge in [-0.2, -0.15) is 0 Å². The molecule has 0 aromatic rings. The second kappa shape index (κ2) is 2.58. The van der Waals surface area contributed by atoms with Crippen molar-refractivity contribution < 1.29 is 14.3 Å². The Bertz CT molecular complexity index is 212. The molecular formula is C7H11FN2O2. The number of amides is 1. The average Bonchev–Trinajstić information content (AvgIpc) is 2.20. The summed E-state index contributed by atoms with van der Waals surface area (Å²) in [6.45, 7) is 1.03. The molecule has 3 atom stereocenters. The summed E-state index contributed by atoms with van der Waals surface area (Å²) in [7, 11) is 0. The normalized spacial score (nSPS) is 40.1. The molecule has 0 unspecified atom stereocenters. The van der Waals surface area contributed by atoms with Crippen LogP contribution in [0.5, 0.6) is 0 Å². The molecule has 2 bridgehead atoms. The van der Waals surface area contributed by atoms with Gasteiger partial charge in [0.05, 0.1) is 12.1 Å². The van der Waals surface area contributed by atoms with Crippen molar-refractivity contribution in [1.82, 2.24) is 10.2 Å². The molecule has 2 saturated heterocycles. The molecule has 12 heavy (non-hydrogen) atoms. The third-order valence-corrected chi connectivity index (χ3v) is 2.62.